The molecule has 0 N–H and O–H groups in total. The van der Waals surface area contributed by atoms with Crippen molar-refractivity contribution in [2.24, 2.45) is 0 Å². The van der Waals surface area contributed by atoms with Gasteiger partial charge in [-0.15, -0.1) is 0 Å². The Kier molecular flexibility index (Phi) is 2.91. The molecule has 1 heterocycles. The fourth-order valence-electron chi connectivity index (χ4n) is 1.79. The van der Waals surface area contributed by atoms with Crippen LogP contribution in [0.3, 0.4) is 0 Å². The second-order valence-corrected chi connectivity index (χ2v) is 6.72. The minimum atomic E-state index is 0.975. The van der Waals surface area contributed by atoms with E-state index < -0.39 is 0 Å². The van der Waals surface area contributed by atoms with Crippen LogP contribution in [-0.4, -0.2) is 0 Å². The number of hydrogen-bond acceptors (Lipinski definition) is 1. The van der Waals surface area contributed by atoms with Gasteiger partial charge in [0.25, 0.3) is 0 Å². The molecule has 1 aromatic heterocycles. The summed E-state index contributed by atoms with van der Waals surface area (Å²) in [6, 6.07) is 10.4. The molecule has 3 aromatic rings. The summed E-state index contributed by atoms with van der Waals surface area (Å²) in [5, 5.41) is 2.36. The predicted octanol–water partition coefficient (Wildman–Crippen LogP) is 5.56. The van der Waals surface area contributed by atoms with Crippen LogP contribution in [0.2, 0.25) is 0 Å². The minimum Gasteiger partial charge on any atom is -0.454 e. The van der Waals surface area contributed by atoms with Gasteiger partial charge in [0, 0.05) is 15.2 Å². The Labute approximate surface area is 128 Å². The van der Waals surface area contributed by atoms with Crippen LogP contribution in [0.25, 0.3) is 21.9 Å². The summed E-state index contributed by atoms with van der Waals surface area (Å²) >= 11 is 8.13. The summed E-state index contributed by atoms with van der Waals surface area (Å²) in [5.41, 5.74) is 1.96. The number of halogens is 3. The lowest BCUT2D eigenvalue weighted by Gasteiger charge is -1.94. The van der Waals surface area contributed by atoms with Crippen molar-refractivity contribution in [1.82, 2.24) is 0 Å². The lowest BCUT2D eigenvalue weighted by Crippen LogP contribution is -1.73. The predicted molar refractivity (Wildman–Crippen MR) is 86.9 cm³/mol. The fourth-order valence-corrected chi connectivity index (χ4v) is 4.02. The molecular formula is C12H5BrI2O. The van der Waals surface area contributed by atoms with Gasteiger partial charge in [-0.1, -0.05) is 28.1 Å². The van der Waals surface area contributed by atoms with Gasteiger partial charge in [0.1, 0.15) is 11.2 Å². The fraction of sp³-hybridized carbons (Fsp3) is 0. The molecule has 0 amide bonds. The quantitative estimate of drug-likeness (QED) is 0.370. The zero-order valence-electron chi connectivity index (χ0n) is 7.93. The Morgan fingerprint density at radius 2 is 1.69 bits per heavy atom. The van der Waals surface area contributed by atoms with E-state index in [2.05, 4.69) is 91.4 Å². The van der Waals surface area contributed by atoms with E-state index >= 15 is 0 Å². The average molecular weight is 499 g/mol. The Hall–Kier alpha value is 0.180. The lowest BCUT2D eigenvalue weighted by molar-refractivity contribution is 0.664. The Morgan fingerprint density at radius 1 is 0.938 bits per heavy atom. The second-order valence-electron chi connectivity index (χ2n) is 3.48. The van der Waals surface area contributed by atoms with Crippen LogP contribution in [-0.2, 0) is 0 Å². The highest BCUT2D eigenvalue weighted by Crippen LogP contribution is 2.35. The maximum Gasteiger partial charge on any atom is 0.148 e. The molecule has 0 saturated heterocycles. The molecule has 0 bridgehead atoms. The molecule has 2 aromatic carbocycles. The van der Waals surface area contributed by atoms with Gasteiger partial charge < -0.3 is 4.42 Å². The minimum absolute atomic E-state index is 0.975. The zero-order valence-corrected chi connectivity index (χ0v) is 13.8. The van der Waals surface area contributed by atoms with Crippen LogP contribution in [0.4, 0.5) is 0 Å². The SMILES string of the molecule is Brc1cc(I)c2oc3c(I)cccc3c2c1. The topological polar surface area (TPSA) is 13.1 Å². The lowest BCUT2D eigenvalue weighted by atomic mass is 10.2. The molecule has 0 saturated carbocycles. The standard InChI is InChI=1S/C12H5BrI2O/c13-6-4-8-7-2-1-3-9(14)11(7)16-12(8)10(15)5-6/h1-5H. The van der Waals surface area contributed by atoms with Crippen molar-refractivity contribution < 1.29 is 4.42 Å². The van der Waals surface area contributed by atoms with E-state index in [1.807, 2.05) is 0 Å². The van der Waals surface area contributed by atoms with Gasteiger partial charge in [0.05, 0.1) is 7.14 Å². The molecule has 16 heavy (non-hydrogen) atoms. The summed E-state index contributed by atoms with van der Waals surface area (Å²) in [6.07, 6.45) is 0. The maximum absolute atomic E-state index is 5.93. The van der Waals surface area contributed by atoms with E-state index in [9.17, 15) is 0 Å². The number of furan rings is 1. The number of hydrogen-bond donors (Lipinski definition) is 0. The molecule has 80 valence electrons. The molecule has 1 nitrogen and oxygen atoms in total. The Bertz CT molecular complexity index is 703. The van der Waals surface area contributed by atoms with Crippen molar-refractivity contribution in [2.75, 3.05) is 0 Å². The van der Waals surface area contributed by atoms with Crippen LogP contribution < -0.4 is 0 Å². The first kappa shape index (κ1) is 11.3. The third-order valence-electron chi connectivity index (χ3n) is 2.47. The molecule has 0 aliphatic rings. The first-order valence-electron chi connectivity index (χ1n) is 4.62. The van der Waals surface area contributed by atoms with Crippen molar-refractivity contribution in [3.63, 3.8) is 0 Å². The van der Waals surface area contributed by atoms with E-state index in [4.69, 9.17) is 4.42 Å². The molecule has 0 spiro atoms. The normalized spacial score (nSPS) is 11.4. The molecule has 0 unspecified atom stereocenters. The molecular weight excluding hydrogens is 494 g/mol. The van der Waals surface area contributed by atoms with E-state index in [1.165, 1.54) is 10.8 Å². The van der Waals surface area contributed by atoms with Crippen LogP contribution in [0.15, 0.2) is 39.2 Å². The third-order valence-corrected chi connectivity index (χ3v) is 4.58. The van der Waals surface area contributed by atoms with Crippen LogP contribution in [0.1, 0.15) is 0 Å². The highest BCUT2D eigenvalue weighted by Gasteiger charge is 2.12. The van der Waals surface area contributed by atoms with Crippen LogP contribution in [0, 0.1) is 7.14 Å². The van der Waals surface area contributed by atoms with Gasteiger partial charge in [-0.05, 0) is 63.4 Å². The van der Waals surface area contributed by atoms with Crippen molar-refractivity contribution >= 4 is 83.1 Å². The number of fused-ring (bicyclic) bond motifs is 3. The summed E-state index contributed by atoms with van der Waals surface area (Å²) < 4.78 is 9.31. The van der Waals surface area contributed by atoms with Gasteiger partial charge in [-0.25, -0.2) is 0 Å². The molecule has 3 rings (SSSR count). The zero-order chi connectivity index (χ0) is 11.3. The molecule has 0 aliphatic carbocycles. The first-order chi connectivity index (χ1) is 7.66. The summed E-state index contributed by atoms with van der Waals surface area (Å²) in [4.78, 5) is 0. The molecule has 0 aliphatic heterocycles. The van der Waals surface area contributed by atoms with Gasteiger partial charge in [0.15, 0.2) is 0 Å². The highest BCUT2D eigenvalue weighted by atomic mass is 127. The first-order valence-corrected chi connectivity index (χ1v) is 7.57. The molecule has 0 atom stereocenters. The van der Waals surface area contributed by atoms with Crippen LogP contribution >= 0.6 is 61.1 Å². The van der Waals surface area contributed by atoms with Gasteiger partial charge in [-0.3, -0.25) is 0 Å². The van der Waals surface area contributed by atoms with Crippen molar-refractivity contribution in [3.05, 3.63) is 41.9 Å². The van der Waals surface area contributed by atoms with Gasteiger partial charge in [-0.2, -0.15) is 0 Å². The van der Waals surface area contributed by atoms with Crippen molar-refractivity contribution in [3.8, 4) is 0 Å². The summed E-state index contributed by atoms with van der Waals surface area (Å²) in [5.74, 6) is 0. The van der Waals surface area contributed by atoms with E-state index in [-0.39, 0.29) is 0 Å². The van der Waals surface area contributed by atoms with E-state index in [0.29, 0.717) is 0 Å². The molecule has 0 fully saturated rings. The van der Waals surface area contributed by atoms with Gasteiger partial charge in [0.2, 0.25) is 0 Å². The average Bonchev–Trinajstić information content (AvgIpc) is 2.59. The third kappa shape index (κ3) is 1.69. The van der Waals surface area contributed by atoms with E-state index in [0.717, 1.165) is 22.8 Å². The summed E-state index contributed by atoms with van der Waals surface area (Å²) in [6.45, 7) is 0. The number of rotatable bonds is 0. The highest BCUT2D eigenvalue weighted by molar-refractivity contribution is 14.1. The Balaban J connectivity index is 2.61. The largest absolute Gasteiger partial charge is 0.454 e. The number of benzene rings is 2. The molecule has 0 radical (unpaired) electrons. The van der Waals surface area contributed by atoms with Crippen molar-refractivity contribution in [1.29, 1.82) is 0 Å². The molecule has 4 heteroatoms. The maximum atomic E-state index is 5.93. The summed E-state index contributed by atoms with van der Waals surface area (Å²) in [7, 11) is 0. The second kappa shape index (κ2) is 4.13. The van der Waals surface area contributed by atoms with Crippen molar-refractivity contribution in [2.45, 2.75) is 0 Å². The number of para-hydroxylation sites is 1. The van der Waals surface area contributed by atoms with E-state index in [1.54, 1.807) is 0 Å². The van der Waals surface area contributed by atoms with Crippen LogP contribution in [0.5, 0.6) is 0 Å². The van der Waals surface area contributed by atoms with Gasteiger partial charge >= 0.3 is 0 Å². The Morgan fingerprint density at radius 3 is 2.50 bits per heavy atom. The monoisotopic (exact) mass is 498 g/mol. The smallest absolute Gasteiger partial charge is 0.148 e.